The first-order chi connectivity index (χ1) is 9.03. The van der Waals surface area contributed by atoms with E-state index < -0.39 is 15.7 Å². The van der Waals surface area contributed by atoms with Crippen LogP contribution in [0.2, 0.25) is 0 Å². The van der Waals surface area contributed by atoms with E-state index in [0.29, 0.717) is 11.1 Å². The molecule has 0 N–H and O–H groups in total. The first-order valence-corrected chi connectivity index (χ1v) is 7.14. The van der Waals surface area contributed by atoms with Crippen molar-refractivity contribution < 1.29 is 12.8 Å². The fourth-order valence-corrected chi connectivity index (χ4v) is 3.15. The van der Waals surface area contributed by atoms with Crippen LogP contribution in [0.5, 0.6) is 0 Å². The monoisotopic (exact) mass is 275 g/mol. The molecular formula is C14H10FNO2S. The van der Waals surface area contributed by atoms with Gasteiger partial charge in [0.25, 0.3) is 0 Å². The minimum atomic E-state index is -3.75. The molecule has 0 aliphatic rings. The zero-order valence-corrected chi connectivity index (χ0v) is 10.7. The van der Waals surface area contributed by atoms with Gasteiger partial charge in [0, 0.05) is 0 Å². The third-order valence-corrected chi connectivity index (χ3v) is 4.30. The van der Waals surface area contributed by atoms with E-state index in [4.69, 9.17) is 5.26 Å². The van der Waals surface area contributed by atoms with Gasteiger partial charge in [-0.15, -0.1) is 0 Å². The van der Waals surface area contributed by atoms with Crippen LogP contribution in [0.3, 0.4) is 0 Å². The number of nitrogens with zero attached hydrogens (tertiary/aromatic N) is 1. The third kappa shape index (κ3) is 2.98. The van der Waals surface area contributed by atoms with Gasteiger partial charge >= 0.3 is 0 Å². The Kier molecular flexibility index (Phi) is 3.63. The second kappa shape index (κ2) is 5.21. The number of hydrogen-bond acceptors (Lipinski definition) is 3. The summed E-state index contributed by atoms with van der Waals surface area (Å²) in [6, 6.07) is 13.5. The average Bonchev–Trinajstić information content (AvgIpc) is 2.38. The molecule has 0 radical (unpaired) electrons. The van der Waals surface area contributed by atoms with Crippen LogP contribution in [0.15, 0.2) is 53.4 Å². The van der Waals surface area contributed by atoms with Crippen LogP contribution in [-0.2, 0) is 15.6 Å². The number of halogens is 1. The van der Waals surface area contributed by atoms with Crippen LogP contribution in [0.25, 0.3) is 0 Å². The Morgan fingerprint density at radius 2 is 1.84 bits per heavy atom. The number of sulfone groups is 1. The second-order valence-electron chi connectivity index (χ2n) is 4.00. The van der Waals surface area contributed by atoms with Crippen molar-refractivity contribution in [2.75, 3.05) is 0 Å². The Morgan fingerprint density at radius 3 is 2.53 bits per heavy atom. The van der Waals surface area contributed by atoms with E-state index in [1.807, 2.05) is 6.07 Å². The SMILES string of the molecule is N#Cc1cccc(CS(=O)(=O)c2ccccc2F)c1. The number of benzene rings is 2. The third-order valence-electron chi connectivity index (χ3n) is 2.58. The molecule has 5 heteroatoms. The lowest BCUT2D eigenvalue weighted by molar-refractivity contribution is 0.566. The fourth-order valence-electron chi connectivity index (χ4n) is 1.72. The van der Waals surface area contributed by atoms with E-state index in [1.54, 1.807) is 18.2 Å². The Balaban J connectivity index is 2.37. The van der Waals surface area contributed by atoms with Crippen molar-refractivity contribution in [3.63, 3.8) is 0 Å². The van der Waals surface area contributed by atoms with Crippen molar-refractivity contribution in [1.82, 2.24) is 0 Å². The van der Waals surface area contributed by atoms with Crippen molar-refractivity contribution in [2.45, 2.75) is 10.6 Å². The smallest absolute Gasteiger partial charge is 0.185 e. The molecule has 2 rings (SSSR count). The van der Waals surface area contributed by atoms with Crippen molar-refractivity contribution in [3.8, 4) is 6.07 Å². The number of hydrogen-bond donors (Lipinski definition) is 0. The van der Waals surface area contributed by atoms with Gasteiger partial charge in [0.2, 0.25) is 0 Å². The normalized spacial score (nSPS) is 10.9. The highest BCUT2D eigenvalue weighted by molar-refractivity contribution is 7.90. The lowest BCUT2D eigenvalue weighted by atomic mass is 10.2. The van der Waals surface area contributed by atoms with E-state index in [2.05, 4.69) is 0 Å². The molecule has 2 aromatic rings. The zero-order valence-electron chi connectivity index (χ0n) is 9.88. The van der Waals surface area contributed by atoms with E-state index in [-0.39, 0.29) is 10.6 Å². The van der Waals surface area contributed by atoms with Gasteiger partial charge < -0.3 is 0 Å². The zero-order chi connectivity index (χ0) is 13.9. The molecule has 0 aliphatic carbocycles. The van der Waals surface area contributed by atoms with Gasteiger partial charge in [-0.1, -0.05) is 24.3 Å². The molecule has 0 spiro atoms. The molecule has 96 valence electrons. The maximum Gasteiger partial charge on any atom is 0.185 e. The predicted molar refractivity (Wildman–Crippen MR) is 68.4 cm³/mol. The molecule has 0 bridgehead atoms. The Hall–Kier alpha value is -2.19. The highest BCUT2D eigenvalue weighted by Gasteiger charge is 2.19. The van der Waals surface area contributed by atoms with Gasteiger partial charge in [0.1, 0.15) is 10.7 Å². The first-order valence-electron chi connectivity index (χ1n) is 5.49. The van der Waals surface area contributed by atoms with Crippen LogP contribution in [0, 0.1) is 17.1 Å². The summed E-state index contributed by atoms with van der Waals surface area (Å²) in [5, 5.41) is 8.76. The molecule has 0 fully saturated rings. The molecule has 2 aromatic carbocycles. The maximum absolute atomic E-state index is 13.5. The number of nitriles is 1. The minimum absolute atomic E-state index is 0.322. The van der Waals surface area contributed by atoms with E-state index >= 15 is 0 Å². The average molecular weight is 275 g/mol. The summed E-state index contributed by atoms with van der Waals surface area (Å²) < 4.78 is 37.7. The predicted octanol–water partition coefficient (Wildman–Crippen LogP) is 2.67. The Bertz CT molecular complexity index is 748. The molecule has 3 nitrogen and oxygen atoms in total. The summed E-state index contributed by atoms with van der Waals surface area (Å²) in [6.45, 7) is 0. The minimum Gasteiger partial charge on any atom is -0.223 e. The molecule has 0 aliphatic heterocycles. The van der Waals surface area contributed by atoms with Gasteiger partial charge in [-0.05, 0) is 29.8 Å². The van der Waals surface area contributed by atoms with Crippen molar-refractivity contribution in [3.05, 3.63) is 65.5 Å². The first kappa shape index (κ1) is 13.2. The van der Waals surface area contributed by atoms with Crippen LogP contribution in [0.4, 0.5) is 4.39 Å². The molecular weight excluding hydrogens is 265 g/mol. The summed E-state index contributed by atoms with van der Waals surface area (Å²) >= 11 is 0. The highest BCUT2D eigenvalue weighted by Crippen LogP contribution is 2.19. The van der Waals surface area contributed by atoms with Crippen LogP contribution >= 0.6 is 0 Å². The van der Waals surface area contributed by atoms with Crippen molar-refractivity contribution in [1.29, 1.82) is 5.26 Å². The lowest BCUT2D eigenvalue weighted by Gasteiger charge is -2.06. The van der Waals surface area contributed by atoms with Crippen molar-refractivity contribution >= 4 is 9.84 Å². The molecule has 0 heterocycles. The van der Waals surface area contributed by atoms with E-state index in [9.17, 15) is 12.8 Å². The summed E-state index contributed by atoms with van der Waals surface area (Å²) in [4.78, 5) is -0.322. The molecule has 0 amide bonds. The summed E-state index contributed by atoms with van der Waals surface area (Å²) in [5.41, 5.74) is 0.837. The second-order valence-corrected chi connectivity index (χ2v) is 5.96. The molecule has 0 saturated heterocycles. The molecule has 0 atom stereocenters. The van der Waals surface area contributed by atoms with Gasteiger partial charge in [-0.2, -0.15) is 5.26 Å². The van der Waals surface area contributed by atoms with E-state index in [0.717, 1.165) is 6.07 Å². The molecule has 0 unspecified atom stereocenters. The van der Waals surface area contributed by atoms with Crippen molar-refractivity contribution in [2.24, 2.45) is 0 Å². The molecule has 0 saturated carbocycles. The Labute approximate surface area is 110 Å². The largest absolute Gasteiger partial charge is 0.223 e. The standard InChI is InChI=1S/C14H10FNO2S/c15-13-6-1-2-7-14(13)19(17,18)10-12-5-3-4-11(8-12)9-16/h1-8H,10H2. The fraction of sp³-hybridized carbons (Fsp3) is 0.0714. The van der Waals surface area contributed by atoms with Crippen LogP contribution in [-0.4, -0.2) is 8.42 Å². The Morgan fingerprint density at radius 1 is 1.11 bits per heavy atom. The maximum atomic E-state index is 13.5. The summed E-state index contributed by atoms with van der Waals surface area (Å²) in [5.74, 6) is -1.09. The van der Waals surface area contributed by atoms with Crippen LogP contribution < -0.4 is 0 Å². The van der Waals surface area contributed by atoms with Gasteiger partial charge in [0.05, 0.1) is 17.4 Å². The molecule has 0 aromatic heterocycles. The van der Waals surface area contributed by atoms with Gasteiger partial charge in [0.15, 0.2) is 9.84 Å². The summed E-state index contributed by atoms with van der Waals surface area (Å²) in [7, 11) is -3.75. The van der Waals surface area contributed by atoms with Crippen LogP contribution in [0.1, 0.15) is 11.1 Å². The highest BCUT2D eigenvalue weighted by atomic mass is 32.2. The number of rotatable bonds is 3. The van der Waals surface area contributed by atoms with E-state index in [1.165, 1.54) is 24.3 Å². The van der Waals surface area contributed by atoms with Gasteiger partial charge in [-0.3, -0.25) is 0 Å². The van der Waals surface area contributed by atoms with Gasteiger partial charge in [-0.25, -0.2) is 12.8 Å². The lowest BCUT2D eigenvalue weighted by Crippen LogP contribution is -2.07. The topological polar surface area (TPSA) is 57.9 Å². The quantitative estimate of drug-likeness (QED) is 0.865. The summed E-state index contributed by atoms with van der Waals surface area (Å²) in [6.07, 6.45) is 0. The molecule has 19 heavy (non-hydrogen) atoms.